The summed E-state index contributed by atoms with van der Waals surface area (Å²) < 4.78 is 0. The molecule has 0 unspecified atom stereocenters. The summed E-state index contributed by atoms with van der Waals surface area (Å²) >= 11 is 0. The van der Waals surface area contributed by atoms with Crippen molar-refractivity contribution < 1.29 is 9.90 Å². The van der Waals surface area contributed by atoms with E-state index in [1.807, 2.05) is 39.0 Å². The lowest BCUT2D eigenvalue weighted by Gasteiger charge is -2.26. The van der Waals surface area contributed by atoms with E-state index in [2.05, 4.69) is 11.9 Å². The molecule has 1 heterocycles. The normalized spacial score (nSPS) is 11.3. The summed E-state index contributed by atoms with van der Waals surface area (Å²) in [7, 11) is 0. The van der Waals surface area contributed by atoms with Gasteiger partial charge in [0, 0.05) is 34.7 Å². The number of fused-ring (bicyclic) bond motifs is 1. The van der Waals surface area contributed by atoms with Crippen molar-refractivity contribution in [1.29, 1.82) is 0 Å². The van der Waals surface area contributed by atoms with Crippen molar-refractivity contribution in [3.63, 3.8) is 0 Å². The molecule has 1 aromatic carbocycles. The Morgan fingerprint density at radius 2 is 2.05 bits per heavy atom. The lowest BCUT2D eigenvalue weighted by molar-refractivity contribution is 0.0665. The van der Waals surface area contributed by atoms with Crippen LogP contribution in [0.2, 0.25) is 0 Å². The number of nitrogens with one attached hydrogen (secondary N) is 1. The first-order valence-corrected chi connectivity index (χ1v) is 6.96. The zero-order chi connectivity index (χ0) is 14.9. The minimum atomic E-state index is -0.0331. The van der Waals surface area contributed by atoms with Crippen molar-refractivity contribution in [2.24, 2.45) is 0 Å². The Balaban J connectivity index is 2.41. The molecule has 1 aromatic heterocycles. The first-order chi connectivity index (χ1) is 9.45. The zero-order valence-corrected chi connectivity index (χ0v) is 12.5. The molecular weight excluding hydrogens is 252 g/mol. The van der Waals surface area contributed by atoms with Crippen LogP contribution in [-0.4, -0.2) is 40.1 Å². The van der Waals surface area contributed by atoms with Gasteiger partial charge in [0.15, 0.2) is 0 Å². The number of rotatable bonds is 4. The average molecular weight is 274 g/mol. The number of aryl methyl sites for hydroxylation is 2. The molecule has 4 nitrogen and oxygen atoms in total. The summed E-state index contributed by atoms with van der Waals surface area (Å²) in [5, 5.41) is 10.2. The highest BCUT2D eigenvalue weighted by Crippen LogP contribution is 2.23. The molecule has 2 N–H and O–H groups in total. The molecule has 0 aliphatic carbocycles. The number of amides is 1. The van der Waals surface area contributed by atoms with Crippen LogP contribution < -0.4 is 0 Å². The summed E-state index contributed by atoms with van der Waals surface area (Å²) in [4.78, 5) is 17.5. The number of carbonyl (C=O) groups excluding carboxylic acids is 1. The summed E-state index contributed by atoms with van der Waals surface area (Å²) in [6.07, 6.45) is 0. The molecule has 0 radical (unpaired) electrons. The Kier molecular flexibility index (Phi) is 4.14. The Labute approximate surface area is 119 Å². The monoisotopic (exact) mass is 274 g/mol. The number of aliphatic hydroxyl groups excluding tert-OH is 1. The molecule has 2 aromatic rings. The minimum absolute atomic E-state index is 0.0194. The number of hydrogen-bond donors (Lipinski definition) is 2. The van der Waals surface area contributed by atoms with Gasteiger partial charge in [-0.1, -0.05) is 0 Å². The molecule has 0 aliphatic heterocycles. The van der Waals surface area contributed by atoms with Crippen molar-refractivity contribution in [1.82, 2.24) is 9.88 Å². The Hall–Kier alpha value is -1.81. The number of nitrogens with zero attached hydrogens (tertiary/aromatic N) is 1. The topological polar surface area (TPSA) is 56.3 Å². The number of H-pyrrole nitrogens is 1. The van der Waals surface area contributed by atoms with E-state index < -0.39 is 0 Å². The van der Waals surface area contributed by atoms with E-state index in [-0.39, 0.29) is 18.6 Å². The van der Waals surface area contributed by atoms with Crippen molar-refractivity contribution in [2.45, 2.75) is 33.7 Å². The maximum atomic E-state index is 12.5. The van der Waals surface area contributed by atoms with Crippen LogP contribution in [0.3, 0.4) is 0 Å². The third kappa shape index (κ3) is 2.56. The molecule has 1 amide bonds. The summed E-state index contributed by atoms with van der Waals surface area (Å²) in [6, 6.07) is 5.79. The SMILES string of the molecule is Cc1[nH]c2ccc(C(=O)N(CCO)C(C)C)cc2c1C. The first-order valence-electron chi connectivity index (χ1n) is 6.96. The van der Waals surface area contributed by atoms with Gasteiger partial charge in [-0.2, -0.15) is 0 Å². The van der Waals surface area contributed by atoms with Crippen LogP contribution in [0.25, 0.3) is 10.9 Å². The van der Waals surface area contributed by atoms with Gasteiger partial charge in [0.25, 0.3) is 5.91 Å². The van der Waals surface area contributed by atoms with Crippen LogP contribution >= 0.6 is 0 Å². The second-order valence-electron chi connectivity index (χ2n) is 5.45. The predicted molar refractivity (Wildman–Crippen MR) is 81.0 cm³/mol. The number of hydrogen-bond acceptors (Lipinski definition) is 2. The third-order valence-electron chi connectivity index (χ3n) is 3.78. The van der Waals surface area contributed by atoms with Gasteiger partial charge in [-0.05, 0) is 51.5 Å². The Bertz CT molecular complexity index is 629. The van der Waals surface area contributed by atoms with Crippen LogP contribution in [0.5, 0.6) is 0 Å². The summed E-state index contributed by atoms with van der Waals surface area (Å²) in [6.45, 7) is 8.34. The zero-order valence-electron chi connectivity index (χ0n) is 12.5. The molecule has 0 bridgehead atoms. The van der Waals surface area contributed by atoms with Gasteiger partial charge >= 0.3 is 0 Å². The van der Waals surface area contributed by atoms with Crippen molar-refractivity contribution in [2.75, 3.05) is 13.2 Å². The second-order valence-corrected chi connectivity index (χ2v) is 5.45. The smallest absolute Gasteiger partial charge is 0.254 e. The lowest BCUT2D eigenvalue weighted by atomic mass is 10.1. The maximum absolute atomic E-state index is 12.5. The third-order valence-corrected chi connectivity index (χ3v) is 3.78. The van der Waals surface area contributed by atoms with E-state index >= 15 is 0 Å². The van der Waals surface area contributed by atoms with E-state index in [0.29, 0.717) is 12.1 Å². The lowest BCUT2D eigenvalue weighted by Crippen LogP contribution is -2.38. The number of benzene rings is 1. The van der Waals surface area contributed by atoms with Gasteiger partial charge < -0.3 is 15.0 Å². The molecule has 0 saturated carbocycles. The fourth-order valence-corrected chi connectivity index (χ4v) is 2.46. The van der Waals surface area contributed by atoms with Crippen LogP contribution in [0, 0.1) is 13.8 Å². The molecule has 2 rings (SSSR count). The van der Waals surface area contributed by atoms with Gasteiger partial charge in [0.2, 0.25) is 0 Å². The quantitative estimate of drug-likeness (QED) is 0.900. The highest BCUT2D eigenvalue weighted by Gasteiger charge is 2.19. The van der Waals surface area contributed by atoms with Gasteiger partial charge in [0.05, 0.1) is 6.61 Å². The molecule has 0 fully saturated rings. The van der Waals surface area contributed by atoms with Gasteiger partial charge in [-0.3, -0.25) is 4.79 Å². The number of carbonyl (C=O) groups is 1. The average Bonchev–Trinajstić information content (AvgIpc) is 2.70. The predicted octanol–water partition coefficient (Wildman–Crippen LogP) is 2.63. The molecule has 20 heavy (non-hydrogen) atoms. The Morgan fingerprint density at radius 1 is 1.35 bits per heavy atom. The molecule has 0 atom stereocenters. The fraction of sp³-hybridized carbons (Fsp3) is 0.438. The van der Waals surface area contributed by atoms with Crippen LogP contribution in [0.4, 0.5) is 0 Å². The van der Waals surface area contributed by atoms with Crippen LogP contribution in [0.15, 0.2) is 18.2 Å². The van der Waals surface area contributed by atoms with Crippen LogP contribution in [-0.2, 0) is 0 Å². The molecule has 0 saturated heterocycles. The maximum Gasteiger partial charge on any atom is 0.254 e. The molecule has 0 aliphatic rings. The van der Waals surface area contributed by atoms with Crippen molar-refractivity contribution in [3.8, 4) is 0 Å². The van der Waals surface area contributed by atoms with E-state index in [0.717, 1.165) is 16.6 Å². The molecule has 0 spiro atoms. The second kappa shape index (κ2) is 5.67. The molecular formula is C16H22N2O2. The standard InChI is InChI=1S/C16H22N2O2/c1-10(2)18(7-8-19)16(20)13-5-6-15-14(9-13)11(3)12(4)17-15/h5-6,9-10,17,19H,7-8H2,1-4H3. The van der Waals surface area contributed by atoms with Crippen molar-refractivity contribution >= 4 is 16.8 Å². The van der Waals surface area contributed by atoms with E-state index in [1.54, 1.807) is 4.90 Å². The highest BCUT2D eigenvalue weighted by molar-refractivity contribution is 5.99. The van der Waals surface area contributed by atoms with E-state index in [4.69, 9.17) is 5.11 Å². The van der Waals surface area contributed by atoms with Crippen molar-refractivity contribution in [3.05, 3.63) is 35.0 Å². The highest BCUT2D eigenvalue weighted by atomic mass is 16.3. The fourth-order valence-electron chi connectivity index (χ4n) is 2.46. The van der Waals surface area contributed by atoms with Gasteiger partial charge in [0.1, 0.15) is 0 Å². The van der Waals surface area contributed by atoms with Crippen LogP contribution in [0.1, 0.15) is 35.5 Å². The minimum Gasteiger partial charge on any atom is -0.395 e. The first kappa shape index (κ1) is 14.6. The summed E-state index contributed by atoms with van der Waals surface area (Å²) in [5.41, 5.74) is 4.02. The Morgan fingerprint density at radius 3 is 2.65 bits per heavy atom. The van der Waals surface area contributed by atoms with Gasteiger partial charge in [-0.15, -0.1) is 0 Å². The van der Waals surface area contributed by atoms with E-state index in [9.17, 15) is 4.79 Å². The molecule has 4 heteroatoms. The largest absolute Gasteiger partial charge is 0.395 e. The van der Waals surface area contributed by atoms with E-state index in [1.165, 1.54) is 5.56 Å². The summed E-state index contributed by atoms with van der Waals surface area (Å²) in [5.74, 6) is -0.0331. The molecule has 108 valence electrons. The number of aromatic nitrogens is 1. The number of aliphatic hydroxyl groups is 1. The van der Waals surface area contributed by atoms with Gasteiger partial charge in [-0.25, -0.2) is 0 Å². The number of aromatic amines is 1.